The van der Waals surface area contributed by atoms with E-state index in [9.17, 15) is 9.59 Å². The summed E-state index contributed by atoms with van der Waals surface area (Å²) in [6.07, 6.45) is 4.43. The van der Waals surface area contributed by atoms with Gasteiger partial charge in [0.05, 0.1) is 19.9 Å². The zero-order chi connectivity index (χ0) is 21.2. The van der Waals surface area contributed by atoms with Crippen LogP contribution in [0, 0.1) is 0 Å². The molecule has 0 aliphatic heterocycles. The first-order valence-corrected chi connectivity index (χ1v) is 9.31. The molecule has 3 aromatic rings. The van der Waals surface area contributed by atoms with Gasteiger partial charge in [-0.25, -0.2) is 9.48 Å². The summed E-state index contributed by atoms with van der Waals surface area (Å²) in [5.41, 5.74) is 2.53. The minimum absolute atomic E-state index is 0.334. The molecule has 0 spiro atoms. The van der Waals surface area contributed by atoms with Crippen molar-refractivity contribution in [1.29, 1.82) is 0 Å². The van der Waals surface area contributed by atoms with E-state index in [1.807, 2.05) is 54.6 Å². The third kappa shape index (κ3) is 6.59. The van der Waals surface area contributed by atoms with Gasteiger partial charge in [0.25, 0.3) is 5.91 Å². The van der Waals surface area contributed by atoms with E-state index in [1.165, 1.54) is 12.2 Å². The maximum absolute atomic E-state index is 11.8. The Labute approximate surface area is 174 Å². The predicted octanol–water partition coefficient (Wildman–Crippen LogP) is 2.21. The normalized spacial score (nSPS) is 10.7. The fourth-order valence-corrected chi connectivity index (χ4v) is 2.57. The van der Waals surface area contributed by atoms with E-state index in [0.29, 0.717) is 18.8 Å². The molecule has 154 valence electrons. The van der Waals surface area contributed by atoms with Crippen LogP contribution in [0.15, 0.2) is 66.9 Å². The number of nitrogens with one attached hydrogen (secondary N) is 1. The Morgan fingerprint density at radius 1 is 1.07 bits per heavy atom. The first-order chi connectivity index (χ1) is 14.6. The van der Waals surface area contributed by atoms with Crippen LogP contribution in [0.3, 0.4) is 0 Å². The second-order valence-corrected chi connectivity index (χ2v) is 6.39. The van der Waals surface area contributed by atoms with Crippen LogP contribution in [0.2, 0.25) is 0 Å². The molecular formula is C22H22N4O4. The number of aromatic nitrogens is 3. The summed E-state index contributed by atoms with van der Waals surface area (Å²) >= 11 is 0. The summed E-state index contributed by atoms with van der Waals surface area (Å²) in [6, 6.07) is 17.2. The van der Waals surface area contributed by atoms with Crippen molar-refractivity contribution in [3.8, 4) is 5.75 Å². The number of carbonyl (C=O) groups excluding carboxylic acids is 2. The van der Waals surface area contributed by atoms with Crippen LogP contribution in [-0.2, 0) is 27.4 Å². The van der Waals surface area contributed by atoms with Gasteiger partial charge in [0.1, 0.15) is 11.4 Å². The summed E-state index contributed by atoms with van der Waals surface area (Å²) < 4.78 is 11.7. The van der Waals surface area contributed by atoms with Crippen LogP contribution in [-0.4, -0.2) is 40.6 Å². The molecular weight excluding hydrogens is 384 g/mol. The molecule has 1 heterocycles. The Bertz CT molecular complexity index is 997. The van der Waals surface area contributed by atoms with Gasteiger partial charge in [-0.15, -0.1) is 5.10 Å². The molecule has 1 aromatic heterocycles. The lowest BCUT2D eigenvalue weighted by molar-refractivity contribution is -0.143. The van der Waals surface area contributed by atoms with Crippen LogP contribution in [0.4, 0.5) is 0 Å². The van der Waals surface area contributed by atoms with Gasteiger partial charge < -0.3 is 14.8 Å². The van der Waals surface area contributed by atoms with E-state index < -0.39 is 5.97 Å². The van der Waals surface area contributed by atoms with E-state index in [1.54, 1.807) is 18.0 Å². The van der Waals surface area contributed by atoms with Gasteiger partial charge in [0.15, 0.2) is 6.61 Å². The quantitative estimate of drug-likeness (QED) is 0.432. The maximum atomic E-state index is 11.8. The summed E-state index contributed by atoms with van der Waals surface area (Å²) in [7, 11) is 1.59. The van der Waals surface area contributed by atoms with E-state index in [-0.39, 0.29) is 12.5 Å². The number of nitrogens with zero attached hydrogens (tertiary/aromatic N) is 3. The Morgan fingerprint density at radius 3 is 2.57 bits per heavy atom. The highest BCUT2D eigenvalue weighted by molar-refractivity contribution is 5.88. The monoisotopic (exact) mass is 406 g/mol. The number of ether oxygens (including phenoxy) is 2. The highest BCUT2D eigenvalue weighted by atomic mass is 16.5. The lowest BCUT2D eigenvalue weighted by Crippen LogP contribution is -2.28. The summed E-state index contributed by atoms with van der Waals surface area (Å²) in [5.74, 6) is -0.278. The highest BCUT2D eigenvalue weighted by Crippen LogP contribution is 2.10. The number of benzene rings is 2. The first kappa shape index (κ1) is 20.8. The number of esters is 1. The molecule has 1 N–H and O–H groups in total. The Balaban J connectivity index is 1.39. The zero-order valence-electron chi connectivity index (χ0n) is 16.5. The number of hydrogen-bond donors (Lipinski definition) is 1. The van der Waals surface area contributed by atoms with Crippen LogP contribution >= 0.6 is 0 Å². The van der Waals surface area contributed by atoms with Crippen LogP contribution in [0.5, 0.6) is 5.75 Å². The van der Waals surface area contributed by atoms with E-state index in [0.717, 1.165) is 16.9 Å². The average Bonchev–Trinajstić information content (AvgIpc) is 3.23. The van der Waals surface area contributed by atoms with E-state index >= 15 is 0 Å². The minimum Gasteiger partial charge on any atom is -0.497 e. The molecule has 0 bridgehead atoms. The molecule has 0 aliphatic rings. The van der Waals surface area contributed by atoms with Crippen LogP contribution in [0.25, 0.3) is 6.08 Å². The molecule has 8 nitrogen and oxygen atoms in total. The predicted molar refractivity (Wildman–Crippen MR) is 110 cm³/mol. The van der Waals surface area contributed by atoms with Gasteiger partial charge in [0.2, 0.25) is 0 Å². The zero-order valence-corrected chi connectivity index (χ0v) is 16.5. The highest BCUT2D eigenvalue weighted by Gasteiger charge is 2.06. The Morgan fingerprint density at radius 2 is 1.83 bits per heavy atom. The second kappa shape index (κ2) is 10.6. The maximum Gasteiger partial charge on any atom is 0.331 e. The Hall–Kier alpha value is -3.94. The number of carbonyl (C=O) groups is 2. The fourth-order valence-electron chi connectivity index (χ4n) is 2.57. The molecule has 0 unspecified atom stereocenters. The Kier molecular flexibility index (Phi) is 7.32. The van der Waals surface area contributed by atoms with Gasteiger partial charge in [-0.2, -0.15) is 0 Å². The van der Waals surface area contributed by atoms with Crippen LogP contribution < -0.4 is 10.1 Å². The SMILES string of the molecule is COc1ccc(CNC(=O)COC(=O)/C=C/c2cn(Cc3ccccc3)nn2)cc1. The van der Waals surface area contributed by atoms with Crippen molar-refractivity contribution in [1.82, 2.24) is 20.3 Å². The second-order valence-electron chi connectivity index (χ2n) is 6.39. The van der Waals surface area contributed by atoms with Crippen molar-refractivity contribution in [2.24, 2.45) is 0 Å². The number of hydrogen-bond acceptors (Lipinski definition) is 6. The molecule has 1 amide bonds. The molecule has 3 rings (SSSR count). The third-order valence-electron chi connectivity index (χ3n) is 4.13. The summed E-state index contributed by atoms with van der Waals surface area (Å²) in [4.78, 5) is 23.6. The van der Waals surface area contributed by atoms with Crippen molar-refractivity contribution >= 4 is 18.0 Å². The first-order valence-electron chi connectivity index (χ1n) is 9.31. The topological polar surface area (TPSA) is 95.3 Å². The minimum atomic E-state index is -0.632. The van der Waals surface area contributed by atoms with Gasteiger partial charge in [-0.3, -0.25) is 4.79 Å². The van der Waals surface area contributed by atoms with Gasteiger partial charge in [0, 0.05) is 12.6 Å². The van der Waals surface area contributed by atoms with Gasteiger partial charge >= 0.3 is 5.97 Å². The number of amides is 1. The summed E-state index contributed by atoms with van der Waals surface area (Å²) in [5, 5.41) is 10.7. The van der Waals surface area contributed by atoms with Crippen molar-refractivity contribution in [2.75, 3.05) is 13.7 Å². The third-order valence-corrected chi connectivity index (χ3v) is 4.13. The van der Waals surface area contributed by atoms with Crippen molar-refractivity contribution < 1.29 is 19.1 Å². The van der Waals surface area contributed by atoms with Crippen LogP contribution in [0.1, 0.15) is 16.8 Å². The lowest BCUT2D eigenvalue weighted by atomic mass is 10.2. The molecule has 0 fully saturated rings. The largest absolute Gasteiger partial charge is 0.497 e. The van der Waals surface area contributed by atoms with E-state index in [2.05, 4.69) is 15.6 Å². The molecule has 0 radical (unpaired) electrons. The number of methoxy groups -OCH3 is 1. The van der Waals surface area contributed by atoms with Crippen molar-refractivity contribution in [3.05, 3.63) is 83.7 Å². The molecule has 30 heavy (non-hydrogen) atoms. The molecule has 0 saturated heterocycles. The van der Waals surface area contributed by atoms with Crippen molar-refractivity contribution in [3.63, 3.8) is 0 Å². The molecule has 8 heteroatoms. The van der Waals surface area contributed by atoms with E-state index in [4.69, 9.17) is 9.47 Å². The standard InChI is InChI=1S/C22H22N4O4/c1-29-20-10-7-17(8-11-20)13-23-21(27)16-30-22(28)12-9-19-15-26(25-24-19)14-18-5-3-2-4-6-18/h2-12,15H,13-14,16H2,1H3,(H,23,27)/b12-9+. The smallest absolute Gasteiger partial charge is 0.331 e. The van der Waals surface area contributed by atoms with Gasteiger partial charge in [-0.1, -0.05) is 47.7 Å². The molecule has 0 atom stereocenters. The van der Waals surface area contributed by atoms with Crippen molar-refractivity contribution in [2.45, 2.75) is 13.1 Å². The fraction of sp³-hybridized carbons (Fsp3) is 0.182. The molecule has 2 aromatic carbocycles. The molecule has 0 aliphatic carbocycles. The van der Waals surface area contributed by atoms with Gasteiger partial charge in [-0.05, 0) is 29.3 Å². The lowest BCUT2D eigenvalue weighted by Gasteiger charge is -2.06. The summed E-state index contributed by atoms with van der Waals surface area (Å²) in [6.45, 7) is 0.557. The number of rotatable bonds is 9. The molecule has 0 saturated carbocycles. The average molecular weight is 406 g/mol.